The molecule has 122 valence electrons. The van der Waals surface area contributed by atoms with Crippen molar-refractivity contribution < 1.29 is 0 Å². The van der Waals surface area contributed by atoms with E-state index in [1.165, 1.54) is 38.5 Å². The molecule has 0 radical (unpaired) electrons. The zero-order valence-electron chi connectivity index (χ0n) is 13.1. The average Bonchev–Trinajstić information content (AvgIpc) is 2.80. The molecule has 1 aliphatic rings. The van der Waals surface area contributed by atoms with Crippen molar-refractivity contribution in [3.8, 4) is 0 Å². The van der Waals surface area contributed by atoms with Crippen LogP contribution in [0.1, 0.15) is 38.5 Å². The maximum atomic E-state index is 6.26. The van der Waals surface area contributed by atoms with Gasteiger partial charge in [-0.2, -0.15) is 0 Å². The molecule has 0 atom stereocenters. The Bertz CT molecular complexity index is 653. The first-order valence-corrected chi connectivity index (χ1v) is 8.91. The van der Waals surface area contributed by atoms with Crippen molar-refractivity contribution in [1.29, 1.82) is 0 Å². The zero-order chi connectivity index (χ0) is 16.1. The van der Waals surface area contributed by atoms with Crippen LogP contribution in [0, 0.1) is 0 Å². The molecule has 0 aliphatic heterocycles. The maximum absolute atomic E-state index is 6.26. The summed E-state index contributed by atoms with van der Waals surface area (Å²) in [6.45, 7) is 0. The quantitative estimate of drug-likeness (QED) is 0.675. The first-order chi connectivity index (χ1) is 11.2. The van der Waals surface area contributed by atoms with Gasteiger partial charge >= 0.3 is 0 Å². The van der Waals surface area contributed by atoms with Crippen LogP contribution < -0.4 is 16.4 Å². The van der Waals surface area contributed by atoms with Crippen LogP contribution in [0.3, 0.4) is 0 Å². The molecule has 23 heavy (non-hydrogen) atoms. The van der Waals surface area contributed by atoms with Crippen molar-refractivity contribution in [1.82, 2.24) is 9.97 Å². The predicted molar refractivity (Wildman–Crippen MR) is 99.0 cm³/mol. The summed E-state index contributed by atoms with van der Waals surface area (Å²) in [6, 6.07) is 8.36. The molecule has 1 aliphatic carbocycles. The third kappa shape index (κ3) is 4.34. The van der Waals surface area contributed by atoms with Crippen LogP contribution in [-0.2, 0) is 0 Å². The molecule has 5 nitrogen and oxygen atoms in total. The number of benzene rings is 1. The molecule has 0 bridgehead atoms. The van der Waals surface area contributed by atoms with E-state index in [0.717, 1.165) is 16.0 Å². The second-order valence-corrected chi connectivity index (χ2v) is 6.87. The van der Waals surface area contributed by atoms with Gasteiger partial charge in [0.1, 0.15) is 12.0 Å². The Balaban J connectivity index is 1.75. The summed E-state index contributed by atoms with van der Waals surface area (Å²) >= 11 is 3.47. The number of nitrogens with two attached hydrogens (primary N) is 1. The highest BCUT2D eigenvalue weighted by Gasteiger charge is 2.15. The predicted octanol–water partition coefficient (Wildman–Crippen LogP) is 4.70. The standard InChI is InChI=1S/C17H22BrN5/c18-12-6-5-9-14(10-12)23-17-15(19)16(20-11-21-17)22-13-7-3-1-2-4-8-13/h5-6,9-11,13H,1-4,7-8,19H2,(H2,20,21,22,23). The van der Waals surface area contributed by atoms with Gasteiger partial charge in [0.25, 0.3) is 0 Å². The largest absolute Gasteiger partial charge is 0.393 e. The summed E-state index contributed by atoms with van der Waals surface area (Å²) in [4.78, 5) is 8.60. The third-order valence-electron chi connectivity index (χ3n) is 4.17. The van der Waals surface area contributed by atoms with E-state index in [4.69, 9.17) is 5.73 Å². The number of halogens is 1. The maximum Gasteiger partial charge on any atom is 0.159 e. The summed E-state index contributed by atoms with van der Waals surface area (Å²) in [5.74, 6) is 1.36. The van der Waals surface area contributed by atoms with Gasteiger partial charge in [0, 0.05) is 16.2 Å². The SMILES string of the molecule is Nc1c(Nc2cccc(Br)c2)ncnc1NC1CCCCCC1. The fraction of sp³-hybridized carbons (Fsp3) is 0.412. The molecule has 0 amide bonds. The first-order valence-electron chi connectivity index (χ1n) is 8.12. The van der Waals surface area contributed by atoms with Crippen molar-refractivity contribution in [2.24, 2.45) is 0 Å². The minimum Gasteiger partial charge on any atom is -0.393 e. The number of hydrogen-bond acceptors (Lipinski definition) is 5. The molecule has 1 saturated carbocycles. The number of rotatable bonds is 4. The average molecular weight is 376 g/mol. The van der Waals surface area contributed by atoms with Crippen LogP contribution in [0.5, 0.6) is 0 Å². The number of nitrogens with zero attached hydrogens (tertiary/aromatic N) is 2. The van der Waals surface area contributed by atoms with E-state index in [1.807, 2.05) is 24.3 Å². The van der Waals surface area contributed by atoms with E-state index in [-0.39, 0.29) is 0 Å². The fourth-order valence-corrected chi connectivity index (χ4v) is 3.33. The first kappa shape index (κ1) is 16.1. The molecule has 0 unspecified atom stereocenters. The van der Waals surface area contributed by atoms with Crippen LogP contribution in [-0.4, -0.2) is 16.0 Å². The lowest BCUT2D eigenvalue weighted by Gasteiger charge is -2.19. The molecule has 1 aromatic heterocycles. The Kier molecular flexibility index (Phi) is 5.33. The second kappa shape index (κ2) is 7.64. The second-order valence-electron chi connectivity index (χ2n) is 5.95. The Hall–Kier alpha value is -1.82. The lowest BCUT2D eigenvalue weighted by molar-refractivity contribution is 0.618. The van der Waals surface area contributed by atoms with Crippen LogP contribution in [0.4, 0.5) is 23.0 Å². The minimum atomic E-state index is 0.452. The van der Waals surface area contributed by atoms with Crippen molar-refractivity contribution in [2.45, 2.75) is 44.6 Å². The van der Waals surface area contributed by atoms with Crippen molar-refractivity contribution in [3.05, 3.63) is 35.1 Å². The van der Waals surface area contributed by atoms with Gasteiger partial charge in [-0.25, -0.2) is 9.97 Å². The van der Waals surface area contributed by atoms with E-state index in [0.29, 0.717) is 17.5 Å². The normalized spacial score (nSPS) is 15.9. The van der Waals surface area contributed by atoms with E-state index in [2.05, 4.69) is 36.5 Å². The van der Waals surface area contributed by atoms with Crippen LogP contribution in [0.2, 0.25) is 0 Å². The topological polar surface area (TPSA) is 75.9 Å². The van der Waals surface area contributed by atoms with Gasteiger partial charge < -0.3 is 16.4 Å². The lowest BCUT2D eigenvalue weighted by Crippen LogP contribution is -2.20. The number of anilines is 4. The van der Waals surface area contributed by atoms with Gasteiger partial charge in [-0.1, -0.05) is 47.7 Å². The van der Waals surface area contributed by atoms with E-state index in [9.17, 15) is 0 Å². The number of nitrogens with one attached hydrogen (secondary N) is 2. The van der Waals surface area contributed by atoms with Gasteiger partial charge in [-0.05, 0) is 31.0 Å². The van der Waals surface area contributed by atoms with Crippen molar-refractivity contribution in [3.63, 3.8) is 0 Å². The van der Waals surface area contributed by atoms with Crippen LogP contribution >= 0.6 is 15.9 Å². The fourth-order valence-electron chi connectivity index (χ4n) is 2.93. The van der Waals surface area contributed by atoms with Gasteiger partial charge in [0.15, 0.2) is 11.6 Å². The number of nitrogen functional groups attached to an aromatic ring is 1. The molecule has 1 heterocycles. The molecule has 1 fully saturated rings. The van der Waals surface area contributed by atoms with E-state index in [1.54, 1.807) is 6.33 Å². The Labute approximate surface area is 145 Å². The molecule has 0 saturated heterocycles. The summed E-state index contributed by atoms with van der Waals surface area (Å²) in [5.41, 5.74) is 7.77. The smallest absolute Gasteiger partial charge is 0.159 e. The Morgan fingerprint density at radius 2 is 1.78 bits per heavy atom. The molecule has 0 spiro atoms. The highest BCUT2D eigenvalue weighted by molar-refractivity contribution is 9.10. The summed E-state index contributed by atoms with van der Waals surface area (Å²) in [5, 5.41) is 6.76. The highest BCUT2D eigenvalue weighted by Crippen LogP contribution is 2.29. The third-order valence-corrected chi connectivity index (χ3v) is 4.66. The van der Waals surface area contributed by atoms with Crippen molar-refractivity contribution in [2.75, 3.05) is 16.4 Å². The monoisotopic (exact) mass is 375 g/mol. The van der Waals surface area contributed by atoms with Gasteiger partial charge in [0.2, 0.25) is 0 Å². The van der Waals surface area contributed by atoms with Gasteiger partial charge in [-0.15, -0.1) is 0 Å². The number of hydrogen-bond donors (Lipinski definition) is 3. The number of aromatic nitrogens is 2. The molecular formula is C17H22BrN5. The molecular weight excluding hydrogens is 354 g/mol. The van der Waals surface area contributed by atoms with Gasteiger partial charge in [0.05, 0.1) is 0 Å². The molecule has 3 rings (SSSR count). The molecule has 2 aromatic rings. The van der Waals surface area contributed by atoms with E-state index < -0.39 is 0 Å². The Morgan fingerprint density at radius 3 is 2.52 bits per heavy atom. The Morgan fingerprint density at radius 1 is 1.04 bits per heavy atom. The van der Waals surface area contributed by atoms with Crippen molar-refractivity contribution >= 4 is 38.9 Å². The summed E-state index contributed by atoms with van der Waals surface area (Å²) in [6.07, 6.45) is 9.10. The summed E-state index contributed by atoms with van der Waals surface area (Å²) < 4.78 is 1.01. The molecule has 1 aromatic carbocycles. The minimum absolute atomic E-state index is 0.452. The van der Waals surface area contributed by atoms with Gasteiger partial charge in [-0.3, -0.25) is 0 Å². The van der Waals surface area contributed by atoms with Crippen LogP contribution in [0.15, 0.2) is 35.1 Å². The van der Waals surface area contributed by atoms with Crippen LogP contribution in [0.25, 0.3) is 0 Å². The summed E-state index contributed by atoms with van der Waals surface area (Å²) in [7, 11) is 0. The molecule has 6 heteroatoms. The van der Waals surface area contributed by atoms with E-state index >= 15 is 0 Å². The molecule has 4 N–H and O–H groups in total. The zero-order valence-corrected chi connectivity index (χ0v) is 14.6. The highest BCUT2D eigenvalue weighted by atomic mass is 79.9. The lowest BCUT2D eigenvalue weighted by atomic mass is 10.1.